The van der Waals surface area contributed by atoms with E-state index in [0.717, 1.165) is 11.3 Å². The highest BCUT2D eigenvalue weighted by molar-refractivity contribution is 5.88. The number of carboxylic acids is 1. The Morgan fingerprint density at radius 2 is 2.06 bits per heavy atom. The molecule has 5 heteroatoms. The van der Waals surface area contributed by atoms with Gasteiger partial charge >= 0.3 is 5.97 Å². The fraction of sp³-hybridized carbons (Fsp3) is 0.231. The third kappa shape index (κ3) is 2.12. The van der Waals surface area contributed by atoms with Crippen LogP contribution in [0.2, 0.25) is 0 Å². The van der Waals surface area contributed by atoms with E-state index in [0.29, 0.717) is 18.7 Å². The molecule has 0 radical (unpaired) electrons. The maximum atomic E-state index is 11.1. The lowest BCUT2D eigenvalue weighted by Crippen LogP contribution is -2.06. The molecule has 0 aliphatic carbocycles. The van der Waals surface area contributed by atoms with Gasteiger partial charge in [0.2, 0.25) is 0 Å². The largest absolute Gasteiger partial charge is 0.478 e. The van der Waals surface area contributed by atoms with Crippen LogP contribution in [0.3, 0.4) is 0 Å². The summed E-state index contributed by atoms with van der Waals surface area (Å²) in [6.07, 6.45) is 2.00. The molecule has 2 rings (SSSR count). The van der Waals surface area contributed by atoms with Crippen LogP contribution in [0.15, 0.2) is 30.5 Å². The van der Waals surface area contributed by atoms with Crippen LogP contribution in [0, 0.1) is 0 Å². The number of hydrogen-bond acceptors (Lipinski definition) is 3. The van der Waals surface area contributed by atoms with Gasteiger partial charge in [-0.2, -0.15) is 5.10 Å². The van der Waals surface area contributed by atoms with Gasteiger partial charge < -0.3 is 10.8 Å². The Labute approximate surface area is 105 Å². The summed E-state index contributed by atoms with van der Waals surface area (Å²) in [5, 5.41) is 13.2. The van der Waals surface area contributed by atoms with Crippen molar-refractivity contribution in [3.63, 3.8) is 0 Å². The van der Waals surface area contributed by atoms with Gasteiger partial charge in [0.25, 0.3) is 0 Å². The van der Waals surface area contributed by atoms with E-state index in [-0.39, 0.29) is 5.56 Å². The first-order valence-corrected chi connectivity index (χ1v) is 5.77. The Hall–Kier alpha value is -2.14. The van der Waals surface area contributed by atoms with Crippen molar-refractivity contribution in [1.82, 2.24) is 9.78 Å². The topological polar surface area (TPSA) is 81.1 Å². The molecule has 0 unspecified atom stereocenters. The summed E-state index contributed by atoms with van der Waals surface area (Å²) >= 11 is 0. The molecular weight excluding hydrogens is 230 g/mol. The van der Waals surface area contributed by atoms with E-state index in [4.69, 9.17) is 10.8 Å². The molecule has 0 fully saturated rings. The molecule has 0 saturated heterocycles. The average Bonchev–Trinajstić information content (AvgIpc) is 2.82. The predicted molar refractivity (Wildman–Crippen MR) is 67.8 cm³/mol. The van der Waals surface area contributed by atoms with Gasteiger partial charge in [0, 0.05) is 6.54 Å². The highest BCUT2D eigenvalue weighted by Gasteiger charge is 2.15. The standard InChI is InChI=1S/C13H15N3O2/c1-2-12-11(13(17)18)8-15-16(12)10-5-3-9(7-14)4-6-10/h3-6,8H,2,7,14H2,1H3,(H,17,18). The summed E-state index contributed by atoms with van der Waals surface area (Å²) in [5.41, 5.74) is 8.36. The first-order valence-electron chi connectivity index (χ1n) is 5.77. The van der Waals surface area contributed by atoms with Crippen LogP contribution in [0.4, 0.5) is 0 Å². The molecule has 1 heterocycles. The second kappa shape index (κ2) is 5.01. The normalized spacial score (nSPS) is 10.6. The fourth-order valence-electron chi connectivity index (χ4n) is 1.89. The van der Waals surface area contributed by atoms with Gasteiger partial charge in [-0.25, -0.2) is 9.48 Å². The van der Waals surface area contributed by atoms with Crippen molar-refractivity contribution in [2.24, 2.45) is 5.73 Å². The van der Waals surface area contributed by atoms with Crippen LogP contribution in [0.1, 0.15) is 28.5 Å². The van der Waals surface area contributed by atoms with Crippen molar-refractivity contribution in [3.05, 3.63) is 47.3 Å². The number of benzene rings is 1. The minimum absolute atomic E-state index is 0.250. The van der Waals surface area contributed by atoms with Crippen LogP contribution in [-0.2, 0) is 13.0 Å². The number of aromatic nitrogens is 2. The summed E-state index contributed by atoms with van der Waals surface area (Å²) < 4.78 is 1.66. The molecule has 94 valence electrons. The molecular formula is C13H15N3O2. The molecule has 0 bridgehead atoms. The molecule has 3 N–H and O–H groups in total. The van der Waals surface area contributed by atoms with E-state index in [1.54, 1.807) is 4.68 Å². The minimum Gasteiger partial charge on any atom is -0.478 e. The summed E-state index contributed by atoms with van der Waals surface area (Å²) in [6, 6.07) is 7.60. The zero-order chi connectivity index (χ0) is 13.1. The third-order valence-electron chi connectivity index (χ3n) is 2.85. The number of nitrogens with two attached hydrogens (primary N) is 1. The SMILES string of the molecule is CCc1c(C(=O)O)cnn1-c1ccc(CN)cc1. The van der Waals surface area contributed by atoms with E-state index in [9.17, 15) is 4.79 Å². The average molecular weight is 245 g/mol. The monoisotopic (exact) mass is 245 g/mol. The molecule has 1 aromatic carbocycles. The Morgan fingerprint density at radius 3 is 2.56 bits per heavy atom. The zero-order valence-electron chi connectivity index (χ0n) is 10.1. The van der Waals surface area contributed by atoms with E-state index in [2.05, 4.69) is 5.10 Å². The number of aromatic carboxylic acids is 1. The first-order chi connectivity index (χ1) is 8.67. The van der Waals surface area contributed by atoms with Crippen LogP contribution >= 0.6 is 0 Å². The Morgan fingerprint density at radius 1 is 1.39 bits per heavy atom. The fourth-order valence-corrected chi connectivity index (χ4v) is 1.89. The summed E-state index contributed by atoms with van der Waals surface area (Å²) in [5.74, 6) is -0.948. The number of carbonyl (C=O) groups is 1. The maximum absolute atomic E-state index is 11.1. The zero-order valence-corrected chi connectivity index (χ0v) is 10.1. The maximum Gasteiger partial charge on any atom is 0.339 e. The lowest BCUT2D eigenvalue weighted by Gasteiger charge is -2.07. The minimum atomic E-state index is -0.948. The molecule has 0 atom stereocenters. The third-order valence-corrected chi connectivity index (χ3v) is 2.85. The van der Waals surface area contributed by atoms with E-state index >= 15 is 0 Å². The second-order valence-electron chi connectivity index (χ2n) is 3.95. The molecule has 0 aliphatic heterocycles. The summed E-state index contributed by atoms with van der Waals surface area (Å²) in [7, 11) is 0. The Bertz CT molecular complexity index is 558. The summed E-state index contributed by atoms with van der Waals surface area (Å²) in [4.78, 5) is 11.1. The molecule has 0 amide bonds. The first kappa shape index (κ1) is 12.3. The molecule has 1 aromatic heterocycles. The lowest BCUT2D eigenvalue weighted by molar-refractivity contribution is 0.0695. The number of rotatable bonds is 4. The van der Waals surface area contributed by atoms with Crippen LogP contribution in [-0.4, -0.2) is 20.9 Å². The van der Waals surface area contributed by atoms with E-state index in [1.165, 1.54) is 6.20 Å². The molecule has 5 nitrogen and oxygen atoms in total. The number of nitrogens with zero attached hydrogens (tertiary/aromatic N) is 2. The molecule has 0 spiro atoms. The molecule has 18 heavy (non-hydrogen) atoms. The van der Waals surface area contributed by atoms with Gasteiger partial charge in [-0.15, -0.1) is 0 Å². The van der Waals surface area contributed by atoms with Crippen molar-refractivity contribution < 1.29 is 9.90 Å². The summed E-state index contributed by atoms with van der Waals surface area (Å²) in [6.45, 7) is 2.40. The van der Waals surface area contributed by atoms with Crippen LogP contribution < -0.4 is 5.73 Å². The lowest BCUT2D eigenvalue weighted by atomic mass is 10.2. The Balaban J connectivity index is 2.46. The van der Waals surface area contributed by atoms with Gasteiger partial charge in [0.05, 0.1) is 17.6 Å². The second-order valence-corrected chi connectivity index (χ2v) is 3.95. The highest BCUT2D eigenvalue weighted by Crippen LogP contribution is 2.16. The molecule has 2 aromatic rings. The van der Waals surface area contributed by atoms with E-state index in [1.807, 2.05) is 31.2 Å². The van der Waals surface area contributed by atoms with E-state index < -0.39 is 5.97 Å². The predicted octanol–water partition coefficient (Wildman–Crippen LogP) is 1.59. The van der Waals surface area contributed by atoms with Crippen molar-refractivity contribution >= 4 is 5.97 Å². The van der Waals surface area contributed by atoms with Crippen LogP contribution in [0.5, 0.6) is 0 Å². The molecule has 0 aliphatic rings. The van der Waals surface area contributed by atoms with Gasteiger partial charge in [-0.05, 0) is 24.1 Å². The quantitative estimate of drug-likeness (QED) is 0.857. The highest BCUT2D eigenvalue weighted by atomic mass is 16.4. The van der Waals surface area contributed by atoms with Gasteiger partial charge in [0.15, 0.2) is 0 Å². The van der Waals surface area contributed by atoms with Crippen LogP contribution in [0.25, 0.3) is 5.69 Å². The molecule has 0 saturated carbocycles. The van der Waals surface area contributed by atoms with Crippen molar-refractivity contribution in [2.45, 2.75) is 19.9 Å². The van der Waals surface area contributed by atoms with Crippen molar-refractivity contribution in [1.29, 1.82) is 0 Å². The Kier molecular flexibility index (Phi) is 3.43. The number of carboxylic acid groups (broad SMARTS) is 1. The van der Waals surface area contributed by atoms with Gasteiger partial charge in [0.1, 0.15) is 5.56 Å². The van der Waals surface area contributed by atoms with Gasteiger partial charge in [-0.3, -0.25) is 0 Å². The smallest absolute Gasteiger partial charge is 0.339 e. The van der Waals surface area contributed by atoms with Gasteiger partial charge in [-0.1, -0.05) is 19.1 Å². The number of hydrogen-bond donors (Lipinski definition) is 2. The van der Waals surface area contributed by atoms with Crippen molar-refractivity contribution in [3.8, 4) is 5.69 Å². The van der Waals surface area contributed by atoms with Crippen molar-refractivity contribution in [2.75, 3.05) is 0 Å².